The lowest BCUT2D eigenvalue weighted by molar-refractivity contribution is 0.0388. The standard InChI is InChI=1S/C24H25N5O3/c30-23(10-9-20-17-26-21-3-1-2-4-22(21)27-20)18-5-7-19(8-6-18)28-24(31)25-11-12-29-13-15-32-16-14-29/h1-10,17H,11-16H2,(H2,25,28,31). The third kappa shape index (κ3) is 5.96. The number of nitrogens with one attached hydrogen (secondary N) is 2. The van der Waals surface area contributed by atoms with Crippen molar-refractivity contribution in [3.63, 3.8) is 0 Å². The Labute approximate surface area is 186 Å². The molecule has 0 atom stereocenters. The van der Waals surface area contributed by atoms with Crippen LogP contribution < -0.4 is 10.6 Å². The van der Waals surface area contributed by atoms with E-state index in [-0.39, 0.29) is 11.8 Å². The second-order valence-corrected chi connectivity index (χ2v) is 7.39. The van der Waals surface area contributed by atoms with Gasteiger partial charge in [0.1, 0.15) is 0 Å². The van der Waals surface area contributed by atoms with Gasteiger partial charge in [-0.3, -0.25) is 14.7 Å². The Morgan fingerprint density at radius 2 is 1.78 bits per heavy atom. The van der Waals surface area contributed by atoms with Crippen molar-refractivity contribution in [1.82, 2.24) is 20.2 Å². The zero-order valence-electron chi connectivity index (χ0n) is 17.7. The maximum Gasteiger partial charge on any atom is 0.319 e. The Balaban J connectivity index is 1.27. The molecule has 1 aromatic heterocycles. The predicted molar refractivity (Wildman–Crippen MR) is 124 cm³/mol. The van der Waals surface area contributed by atoms with Crippen molar-refractivity contribution in [2.24, 2.45) is 0 Å². The van der Waals surface area contributed by atoms with Gasteiger partial charge in [-0.2, -0.15) is 0 Å². The number of nitrogens with zero attached hydrogens (tertiary/aromatic N) is 3. The minimum atomic E-state index is -0.271. The minimum absolute atomic E-state index is 0.151. The molecular formula is C24H25N5O3. The van der Waals surface area contributed by atoms with Crippen molar-refractivity contribution in [1.29, 1.82) is 0 Å². The molecule has 2 aromatic carbocycles. The SMILES string of the molecule is O=C(NCCN1CCOCC1)Nc1ccc(C(=O)C=Cc2cnc3ccccc3n2)cc1. The molecule has 0 saturated carbocycles. The highest BCUT2D eigenvalue weighted by molar-refractivity contribution is 6.07. The molecular weight excluding hydrogens is 406 g/mol. The van der Waals surface area contributed by atoms with E-state index in [1.165, 1.54) is 6.08 Å². The molecule has 3 aromatic rings. The molecule has 8 heteroatoms. The number of ketones is 1. The molecule has 2 heterocycles. The molecule has 1 fully saturated rings. The van der Waals surface area contributed by atoms with E-state index in [2.05, 4.69) is 25.5 Å². The van der Waals surface area contributed by atoms with E-state index in [0.717, 1.165) is 43.9 Å². The first-order valence-corrected chi connectivity index (χ1v) is 10.6. The summed E-state index contributed by atoms with van der Waals surface area (Å²) in [6.07, 6.45) is 4.76. The summed E-state index contributed by atoms with van der Waals surface area (Å²) >= 11 is 0. The highest BCUT2D eigenvalue weighted by Crippen LogP contribution is 2.12. The van der Waals surface area contributed by atoms with Crippen molar-refractivity contribution in [2.45, 2.75) is 0 Å². The summed E-state index contributed by atoms with van der Waals surface area (Å²) in [5.41, 5.74) is 3.34. The van der Waals surface area contributed by atoms with Gasteiger partial charge in [-0.25, -0.2) is 9.78 Å². The summed E-state index contributed by atoms with van der Waals surface area (Å²) < 4.78 is 5.31. The highest BCUT2D eigenvalue weighted by atomic mass is 16.5. The van der Waals surface area contributed by atoms with Crippen LogP contribution in [0.1, 0.15) is 16.1 Å². The van der Waals surface area contributed by atoms with Gasteiger partial charge in [0.05, 0.1) is 36.1 Å². The number of carbonyl (C=O) groups is 2. The number of rotatable bonds is 7. The highest BCUT2D eigenvalue weighted by Gasteiger charge is 2.10. The van der Waals surface area contributed by atoms with Crippen molar-refractivity contribution >= 4 is 34.6 Å². The molecule has 2 amide bonds. The fraction of sp³-hybridized carbons (Fsp3) is 0.250. The van der Waals surface area contributed by atoms with Gasteiger partial charge >= 0.3 is 6.03 Å². The first kappa shape index (κ1) is 21.6. The van der Waals surface area contributed by atoms with Gasteiger partial charge < -0.3 is 15.4 Å². The molecule has 8 nitrogen and oxygen atoms in total. The van der Waals surface area contributed by atoms with Gasteiger partial charge in [0.2, 0.25) is 0 Å². The molecule has 2 N–H and O–H groups in total. The fourth-order valence-corrected chi connectivity index (χ4v) is 3.35. The summed E-state index contributed by atoms with van der Waals surface area (Å²) in [5.74, 6) is -0.151. The summed E-state index contributed by atoms with van der Waals surface area (Å²) in [7, 11) is 0. The molecule has 32 heavy (non-hydrogen) atoms. The number of para-hydroxylation sites is 2. The van der Waals surface area contributed by atoms with Crippen molar-refractivity contribution in [3.05, 3.63) is 72.1 Å². The van der Waals surface area contributed by atoms with Crippen LogP contribution in [0, 0.1) is 0 Å². The molecule has 1 saturated heterocycles. The van der Waals surface area contributed by atoms with Gasteiger partial charge in [0.25, 0.3) is 0 Å². The van der Waals surface area contributed by atoms with Crippen LogP contribution in [-0.4, -0.2) is 66.1 Å². The summed E-state index contributed by atoms with van der Waals surface area (Å²) in [6.45, 7) is 4.61. The van der Waals surface area contributed by atoms with Crippen molar-refractivity contribution in [3.8, 4) is 0 Å². The van der Waals surface area contributed by atoms with Crippen LogP contribution in [0.4, 0.5) is 10.5 Å². The summed E-state index contributed by atoms with van der Waals surface area (Å²) in [6, 6.07) is 14.1. The van der Waals surface area contributed by atoms with E-state index < -0.39 is 0 Å². The topological polar surface area (TPSA) is 96.5 Å². The van der Waals surface area contributed by atoms with Crippen LogP contribution in [0.25, 0.3) is 17.1 Å². The average molecular weight is 431 g/mol. The number of carbonyl (C=O) groups excluding carboxylic acids is 2. The fourth-order valence-electron chi connectivity index (χ4n) is 3.35. The van der Waals surface area contributed by atoms with Crippen LogP contribution in [0.15, 0.2) is 60.8 Å². The van der Waals surface area contributed by atoms with Gasteiger partial charge in [-0.15, -0.1) is 0 Å². The van der Waals surface area contributed by atoms with E-state index in [1.54, 1.807) is 36.5 Å². The van der Waals surface area contributed by atoms with Gasteiger partial charge in [0, 0.05) is 37.4 Å². The third-order valence-corrected chi connectivity index (χ3v) is 5.12. The largest absolute Gasteiger partial charge is 0.379 e. The van der Waals surface area contributed by atoms with Gasteiger partial charge in [-0.05, 0) is 48.6 Å². The van der Waals surface area contributed by atoms with E-state index in [1.807, 2.05) is 24.3 Å². The number of anilines is 1. The molecule has 0 radical (unpaired) electrons. The number of hydrogen-bond acceptors (Lipinski definition) is 6. The molecule has 1 aliphatic heterocycles. The van der Waals surface area contributed by atoms with Crippen LogP contribution in [-0.2, 0) is 4.74 Å². The smallest absolute Gasteiger partial charge is 0.319 e. The number of allylic oxidation sites excluding steroid dienone is 1. The normalized spacial score (nSPS) is 14.5. The van der Waals surface area contributed by atoms with Gasteiger partial charge in [-0.1, -0.05) is 12.1 Å². The lowest BCUT2D eigenvalue weighted by Crippen LogP contribution is -2.42. The predicted octanol–water partition coefficient (Wildman–Crippen LogP) is 2.98. The number of aromatic nitrogens is 2. The number of ether oxygens (including phenoxy) is 1. The zero-order valence-corrected chi connectivity index (χ0v) is 17.7. The number of amides is 2. The number of urea groups is 1. The molecule has 4 rings (SSSR count). The van der Waals surface area contributed by atoms with E-state index in [9.17, 15) is 9.59 Å². The molecule has 1 aliphatic rings. The first-order chi connectivity index (χ1) is 15.7. The van der Waals surface area contributed by atoms with E-state index >= 15 is 0 Å². The van der Waals surface area contributed by atoms with Gasteiger partial charge in [0.15, 0.2) is 5.78 Å². The van der Waals surface area contributed by atoms with Crippen LogP contribution in [0.5, 0.6) is 0 Å². The summed E-state index contributed by atoms with van der Waals surface area (Å²) in [5, 5.41) is 5.62. The Bertz CT molecular complexity index is 1110. The second kappa shape index (κ2) is 10.6. The van der Waals surface area contributed by atoms with Crippen LogP contribution in [0.2, 0.25) is 0 Å². The minimum Gasteiger partial charge on any atom is -0.379 e. The Morgan fingerprint density at radius 1 is 1.03 bits per heavy atom. The Kier molecular flexibility index (Phi) is 7.16. The van der Waals surface area contributed by atoms with E-state index in [0.29, 0.717) is 23.5 Å². The van der Waals surface area contributed by atoms with E-state index in [4.69, 9.17) is 4.74 Å². The maximum atomic E-state index is 12.5. The second-order valence-electron chi connectivity index (χ2n) is 7.39. The number of hydrogen-bond donors (Lipinski definition) is 2. The van der Waals surface area contributed by atoms with Crippen LogP contribution in [0.3, 0.4) is 0 Å². The lowest BCUT2D eigenvalue weighted by atomic mass is 10.1. The molecule has 164 valence electrons. The number of morpholine rings is 1. The Hall–Kier alpha value is -3.62. The van der Waals surface area contributed by atoms with Crippen LogP contribution >= 0.6 is 0 Å². The monoisotopic (exact) mass is 431 g/mol. The third-order valence-electron chi connectivity index (χ3n) is 5.12. The maximum absolute atomic E-state index is 12.5. The van der Waals surface area contributed by atoms with Crippen molar-refractivity contribution in [2.75, 3.05) is 44.7 Å². The Morgan fingerprint density at radius 3 is 2.56 bits per heavy atom. The van der Waals surface area contributed by atoms with Crippen molar-refractivity contribution < 1.29 is 14.3 Å². The molecule has 0 spiro atoms. The number of benzene rings is 2. The number of fused-ring (bicyclic) bond motifs is 1. The lowest BCUT2D eigenvalue weighted by Gasteiger charge is -2.26. The molecule has 0 unspecified atom stereocenters. The summed E-state index contributed by atoms with van der Waals surface area (Å²) in [4.78, 5) is 35.6. The quantitative estimate of drug-likeness (QED) is 0.441. The average Bonchev–Trinajstić information content (AvgIpc) is 2.83. The molecule has 0 bridgehead atoms. The first-order valence-electron chi connectivity index (χ1n) is 10.6. The molecule has 0 aliphatic carbocycles. The zero-order chi connectivity index (χ0) is 22.2.